The molecule has 1 unspecified atom stereocenters. The molecule has 1 amide bonds. The third-order valence-corrected chi connectivity index (χ3v) is 8.85. The lowest BCUT2D eigenvalue weighted by Crippen LogP contribution is -2.40. The fourth-order valence-corrected chi connectivity index (χ4v) is 5.67. The second kappa shape index (κ2) is 10.3. The molecule has 0 spiro atoms. The van der Waals surface area contributed by atoms with E-state index >= 15 is 0 Å². The highest BCUT2D eigenvalue weighted by molar-refractivity contribution is 7.91. The van der Waals surface area contributed by atoms with Gasteiger partial charge in [-0.15, -0.1) is 0 Å². The van der Waals surface area contributed by atoms with Crippen molar-refractivity contribution < 1.29 is 41.7 Å². The van der Waals surface area contributed by atoms with Gasteiger partial charge in [0.15, 0.2) is 9.84 Å². The Morgan fingerprint density at radius 1 is 1.07 bits per heavy atom. The summed E-state index contributed by atoms with van der Waals surface area (Å²) in [7, 11) is -3.42. The number of carbonyl (C=O) groups excluding carboxylic acids is 1. The number of rotatable bonds is 9. The second-order valence-electron chi connectivity index (χ2n) is 9.85. The van der Waals surface area contributed by atoms with Crippen molar-refractivity contribution in [1.82, 2.24) is 19.7 Å². The van der Waals surface area contributed by atoms with E-state index in [9.17, 15) is 41.7 Å². The summed E-state index contributed by atoms with van der Waals surface area (Å²) in [6, 6.07) is 11.2. The molecular formula is C27H27F3N4O6S. The first-order chi connectivity index (χ1) is 19.3. The Morgan fingerprint density at radius 3 is 2.34 bits per heavy atom. The number of aliphatic hydroxyl groups is 3. The number of amides is 1. The average molecular weight is 593 g/mol. The van der Waals surface area contributed by atoms with Crippen molar-refractivity contribution in [1.29, 1.82) is 0 Å². The molecule has 0 aliphatic heterocycles. The number of aromatic nitrogens is 3. The summed E-state index contributed by atoms with van der Waals surface area (Å²) in [6.45, 7) is 1.05. The molecule has 1 atom stereocenters. The van der Waals surface area contributed by atoms with E-state index in [4.69, 9.17) is 0 Å². The first-order valence-corrected chi connectivity index (χ1v) is 14.4. The summed E-state index contributed by atoms with van der Waals surface area (Å²) in [5.41, 5.74) is -0.470. The smallest absolute Gasteiger partial charge is 0.394 e. The van der Waals surface area contributed by atoms with E-state index in [1.165, 1.54) is 49.4 Å². The number of alkyl halides is 3. The van der Waals surface area contributed by atoms with E-state index in [1.54, 1.807) is 10.6 Å². The van der Waals surface area contributed by atoms with Crippen LogP contribution < -0.4 is 5.32 Å². The van der Waals surface area contributed by atoms with Crippen LogP contribution in [0.25, 0.3) is 10.9 Å². The first kappa shape index (κ1) is 28.8. The number of hydrogen-bond donors (Lipinski definition) is 4. The van der Waals surface area contributed by atoms with Crippen molar-refractivity contribution in [3.05, 3.63) is 83.3 Å². The fraction of sp³-hybridized carbons (Fsp3) is 0.333. The summed E-state index contributed by atoms with van der Waals surface area (Å²) in [6.07, 6.45) is -2.71. The minimum atomic E-state index is -4.89. The van der Waals surface area contributed by atoms with Crippen LogP contribution in [0.3, 0.4) is 0 Å². The maximum absolute atomic E-state index is 13.5. The number of nitrogens with one attached hydrogen (secondary N) is 1. The molecule has 14 heteroatoms. The Hall–Kier alpha value is -3.72. The third-order valence-electron chi connectivity index (χ3n) is 7.09. The van der Waals surface area contributed by atoms with Gasteiger partial charge in [-0.2, -0.15) is 23.0 Å². The monoisotopic (exact) mass is 592 g/mol. The van der Waals surface area contributed by atoms with Crippen LogP contribution in [0, 0.1) is 0 Å². The Morgan fingerprint density at radius 2 is 1.76 bits per heavy atom. The van der Waals surface area contributed by atoms with Gasteiger partial charge in [0.2, 0.25) is 0 Å². The van der Waals surface area contributed by atoms with Gasteiger partial charge < -0.3 is 25.2 Å². The zero-order valence-corrected chi connectivity index (χ0v) is 22.5. The molecule has 5 rings (SSSR count). The van der Waals surface area contributed by atoms with Crippen molar-refractivity contribution in [3.63, 3.8) is 0 Å². The van der Waals surface area contributed by atoms with Crippen molar-refractivity contribution in [2.24, 2.45) is 0 Å². The Bertz CT molecular complexity index is 1710. The van der Waals surface area contributed by atoms with Crippen molar-refractivity contribution >= 4 is 26.6 Å². The number of sulfone groups is 1. The minimum absolute atomic E-state index is 0.0711. The molecule has 41 heavy (non-hydrogen) atoms. The number of nitrogens with zero attached hydrogens (tertiary/aromatic N) is 3. The molecule has 218 valence electrons. The summed E-state index contributed by atoms with van der Waals surface area (Å²) in [5.74, 6) is -3.79. The molecule has 0 radical (unpaired) electrons. The standard InChI is InChI=1S/C27H27F3N4O6S/c1-2-41(39,40)20-8-3-16(4-9-20)21(15-35)32-25(36)17-5-10-22-18(13-17)14-24(33(22)19-6-7-19)27(37,38)34-23(11-12-31-34)26(28,29)30/h3-5,8-14,19,21,35,37-38H,2,6-7,15H2,1H3,(H,32,36). The molecule has 1 aliphatic carbocycles. The second-order valence-corrected chi connectivity index (χ2v) is 12.1. The number of benzene rings is 2. The van der Waals surface area contributed by atoms with E-state index in [1.807, 2.05) is 0 Å². The van der Waals surface area contributed by atoms with Crippen LogP contribution in [0.15, 0.2) is 65.7 Å². The van der Waals surface area contributed by atoms with Crippen LogP contribution in [0.4, 0.5) is 13.2 Å². The predicted octanol–water partition coefficient (Wildman–Crippen LogP) is 3.09. The molecule has 4 N–H and O–H groups in total. The molecule has 0 saturated heterocycles. The van der Waals surface area contributed by atoms with Gasteiger partial charge in [-0.1, -0.05) is 19.1 Å². The number of fused-ring (bicyclic) bond motifs is 1. The largest absolute Gasteiger partial charge is 0.433 e. The lowest BCUT2D eigenvalue weighted by atomic mass is 10.1. The summed E-state index contributed by atoms with van der Waals surface area (Å²) < 4.78 is 66.3. The third kappa shape index (κ3) is 5.35. The van der Waals surface area contributed by atoms with Crippen LogP contribution in [-0.4, -0.2) is 56.4 Å². The highest BCUT2D eigenvalue weighted by Crippen LogP contribution is 2.43. The van der Waals surface area contributed by atoms with Crippen LogP contribution >= 0.6 is 0 Å². The molecule has 2 aromatic heterocycles. The maximum atomic E-state index is 13.5. The predicted molar refractivity (Wildman–Crippen MR) is 140 cm³/mol. The lowest BCUT2D eigenvalue weighted by molar-refractivity contribution is -0.221. The van der Waals surface area contributed by atoms with Gasteiger partial charge in [-0.25, -0.2) is 8.42 Å². The Labute approximate surface area is 232 Å². The fourth-order valence-electron chi connectivity index (χ4n) is 4.79. The van der Waals surface area contributed by atoms with Gasteiger partial charge in [0.1, 0.15) is 11.4 Å². The Kier molecular flexibility index (Phi) is 7.22. The summed E-state index contributed by atoms with van der Waals surface area (Å²) in [4.78, 5) is 13.2. The lowest BCUT2D eigenvalue weighted by Gasteiger charge is -2.26. The molecule has 2 aromatic carbocycles. The van der Waals surface area contributed by atoms with Gasteiger partial charge in [0.05, 0.1) is 23.3 Å². The number of carbonyl (C=O) groups is 1. The quantitative estimate of drug-likeness (QED) is 0.219. The molecule has 0 bridgehead atoms. The number of halogens is 3. The molecule has 2 heterocycles. The topological polar surface area (TPSA) is 147 Å². The summed E-state index contributed by atoms with van der Waals surface area (Å²) in [5, 5.41) is 38.5. The van der Waals surface area contributed by atoms with Crippen molar-refractivity contribution in [2.45, 2.75) is 48.8 Å². The van der Waals surface area contributed by atoms with Crippen LogP contribution in [0.5, 0.6) is 0 Å². The van der Waals surface area contributed by atoms with Crippen LogP contribution in [-0.2, 0) is 21.9 Å². The first-order valence-electron chi connectivity index (χ1n) is 12.7. The van der Waals surface area contributed by atoms with Gasteiger partial charge in [0.25, 0.3) is 5.91 Å². The maximum Gasteiger partial charge on any atom is 0.433 e. The van der Waals surface area contributed by atoms with Gasteiger partial charge in [-0.05, 0) is 60.9 Å². The van der Waals surface area contributed by atoms with Gasteiger partial charge in [-0.3, -0.25) is 4.79 Å². The van der Waals surface area contributed by atoms with Gasteiger partial charge >= 0.3 is 12.1 Å². The summed E-state index contributed by atoms with van der Waals surface area (Å²) >= 11 is 0. The van der Waals surface area contributed by atoms with E-state index in [0.717, 1.165) is 6.20 Å². The van der Waals surface area contributed by atoms with Crippen LogP contribution in [0.1, 0.15) is 59.2 Å². The molecular weight excluding hydrogens is 565 g/mol. The number of aliphatic hydroxyl groups excluding tert-OH is 1. The minimum Gasteiger partial charge on any atom is -0.394 e. The molecule has 1 saturated carbocycles. The van der Waals surface area contributed by atoms with Crippen LogP contribution in [0.2, 0.25) is 0 Å². The van der Waals surface area contributed by atoms with Gasteiger partial charge in [0, 0.05) is 28.7 Å². The van der Waals surface area contributed by atoms with E-state index < -0.39 is 46.2 Å². The zero-order valence-electron chi connectivity index (χ0n) is 21.7. The van der Waals surface area contributed by atoms with Crippen molar-refractivity contribution in [3.8, 4) is 0 Å². The molecule has 10 nitrogen and oxygen atoms in total. The van der Waals surface area contributed by atoms with E-state index in [2.05, 4.69) is 10.4 Å². The van der Waals surface area contributed by atoms with Crippen molar-refractivity contribution in [2.75, 3.05) is 12.4 Å². The highest BCUT2D eigenvalue weighted by atomic mass is 32.2. The molecule has 1 aliphatic rings. The van der Waals surface area contributed by atoms with E-state index in [0.29, 0.717) is 35.4 Å². The highest BCUT2D eigenvalue weighted by Gasteiger charge is 2.45. The number of hydrogen-bond acceptors (Lipinski definition) is 7. The normalized spacial score (nSPS) is 15.3. The molecule has 1 fully saturated rings. The SMILES string of the molecule is CCS(=O)(=O)c1ccc(C(CO)NC(=O)c2ccc3c(c2)cc(C(O)(O)n2nccc2C(F)(F)F)n3C2CC2)cc1. The zero-order chi connectivity index (χ0) is 29.7. The molecule has 4 aromatic rings. The average Bonchev–Trinajstić information content (AvgIpc) is 3.48. The van der Waals surface area contributed by atoms with E-state index in [-0.39, 0.29) is 32.6 Å². The Balaban J connectivity index is 1.46.